The standard InChI is InChI=1S/C14H11N3O2S/c1-8-3-2-4-9(5-8)11-13(18)16-12(17-14(11)19)10-6-20-7-15-10/h2-7H,1H3,(H2,16,17,18,19). The minimum absolute atomic E-state index is 0.174. The van der Waals surface area contributed by atoms with Gasteiger partial charge in [-0.2, -0.15) is 4.98 Å². The summed E-state index contributed by atoms with van der Waals surface area (Å²) in [5.41, 5.74) is 3.61. The summed E-state index contributed by atoms with van der Waals surface area (Å²) >= 11 is 1.39. The van der Waals surface area contributed by atoms with Crippen molar-refractivity contribution in [1.82, 2.24) is 15.0 Å². The first-order valence-corrected chi connectivity index (χ1v) is 6.88. The second-order valence-electron chi connectivity index (χ2n) is 4.36. The molecule has 0 aliphatic carbocycles. The van der Waals surface area contributed by atoms with Gasteiger partial charge in [0.1, 0.15) is 11.3 Å². The second-order valence-corrected chi connectivity index (χ2v) is 5.07. The predicted molar refractivity (Wildman–Crippen MR) is 77.8 cm³/mol. The van der Waals surface area contributed by atoms with E-state index in [4.69, 9.17) is 0 Å². The van der Waals surface area contributed by atoms with E-state index in [1.54, 1.807) is 17.0 Å². The largest absolute Gasteiger partial charge is 0.493 e. The van der Waals surface area contributed by atoms with E-state index in [0.717, 1.165) is 5.56 Å². The van der Waals surface area contributed by atoms with Gasteiger partial charge in [0.15, 0.2) is 5.82 Å². The number of aryl methyl sites for hydroxylation is 1. The maximum absolute atomic E-state index is 12.2. The number of nitrogens with one attached hydrogen (secondary N) is 1. The lowest BCUT2D eigenvalue weighted by Crippen LogP contribution is -2.12. The number of thiazole rings is 1. The highest BCUT2D eigenvalue weighted by Gasteiger charge is 2.14. The highest BCUT2D eigenvalue weighted by atomic mass is 32.1. The van der Waals surface area contributed by atoms with Crippen LogP contribution in [-0.2, 0) is 0 Å². The van der Waals surface area contributed by atoms with Crippen molar-refractivity contribution >= 4 is 11.3 Å². The number of H-pyrrole nitrogens is 1. The quantitative estimate of drug-likeness (QED) is 0.758. The molecule has 3 aromatic rings. The van der Waals surface area contributed by atoms with Crippen LogP contribution in [-0.4, -0.2) is 20.1 Å². The van der Waals surface area contributed by atoms with E-state index < -0.39 is 0 Å². The van der Waals surface area contributed by atoms with Crippen LogP contribution in [0.1, 0.15) is 5.56 Å². The monoisotopic (exact) mass is 285 g/mol. The van der Waals surface area contributed by atoms with Crippen LogP contribution in [0, 0.1) is 6.92 Å². The molecule has 0 amide bonds. The molecule has 0 radical (unpaired) electrons. The lowest BCUT2D eigenvalue weighted by atomic mass is 10.1. The number of aromatic nitrogens is 3. The van der Waals surface area contributed by atoms with Crippen LogP contribution in [0.4, 0.5) is 0 Å². The van der Waals surface area contributed by atoms with E-state index in [2.05, 4.69) is 15.0 Å². The number of aromatic hydroxyl groups is 1. The number of benzene rings is 1. The normalized spacial score (nSPS) is 10.7. The fraction of sp³-hybridized carbons (Fsp3) is 0.0714. The van der Waals surface area contributed by atoms with Crippen molar-refractivity contribution in [3.05, 3.63) is 51.1 Å². The van der Waals surface area contributed by atoms with Crippen molar-refractivity contribution in [2.75, 3.05) is 0 Å². The molecule has 0 aliphatic heterocycles. The zero-order chi connectivity index (χ0) is 14.1. The second kappa shape index (κ2) is 4.90. The molecule has 0 aliphatic rings. The van der Waals surface area contributed by atoms with Crippen molar-refractivity contribution in [1.29, 1.82) is 0 Å². The number of nitrogens with zero attached hydrogens (tertiary/aromatic N) is 2. The smallest absolute Gasteiger partial charge is 0.262 e. The van der Waals surface area contributed by atoms with Crippen LogP contribution in [0.25, 0.3) is 22.6 Å². The van der Waals surface area contributed by atoms with E-state index in [1.165, 1.54) is 11.3 Å². The van der Waals surface area contributed by atoms with Gasteiger partial charge in [0, 0.05) is 5.38 Å². The molecule has 2 N–H and O–H groups in total. The Labute approximate surface area is 118 Å². The summed E-state index contributed by atoms with van der Waals surface area (Å²) in [5.74, 6) is -0.0208. The molecule has 0 saturated heterocycles. The van der Waals surface area contributed by atoms with Crippen LogP contribution in [0.2, 0.25) is 0 Å². The molecular weight excluding hydrogens is 274 g/mol. The maximum atomic E-state index is 12.2. The molecule has 3 rings (SSSR count). The van der Waals surface area contributed by atoms with Crippen molar-refractivity contribution < 1.29 is 5.11 Å². The summed E-state index contributed by atoms with van der Waals surface area (Å²) in [6.45, 7) is 1.92. The lowest BCUT2D eigenvalue weighted by molar-refractivity contribution is 0.454. The first kappa shape index (κ1) is 12.6. The van der Waals surface area contributed by atoms with Crippen molar-refractivity contribution in [3.8, 4) is 28.5 Å². The molecule has 5 nitrogen and oxygen atoms in total. The Balaban J connectivity index is 2.17. The highest BCUT2D eigenvalue weighted by Crippen LogP contribution is 2.26. The lowest BCUT2D eigenvalue weighted by Gasteiger charge is -2.05. The van der Waals surface area contributed by atoms with Crippen LogP contribution < -0.4 is 5.56 Å². The zero-order valence-corrected chi connectivity index (χ0v) is 11.4. The van der Waals surface area contributed by atoms with E-state index in [9.17, 15) is 9.90 Å². The summed E-state index contributed by atoms with van der Waals surface area (Å²) in [4.78, 5) is 22.9. The van der Waals surface area contributed by atoms with Gasteiger partial charge in [0.25, 0.3) is 5.56 Å². The van der Waals surface area contributed by atoms with E-state index in [0.29, 0.717) is 11.3 Å². The fourth-order valence-corrected chi connectivity index (χ4v) is 2.51. The maximum Gasteiger partial charge on any atom is 0.262 e. The number of hydrogen-bond donors (Lipinski definition) is 2. The third kappa shape index (κ3) is 2.21. The Morgan fingerprint density at radius 2 is 2.20 bits per heavy atom. The van der Waals surface area contributed by atoms with Gasteiger partial charge in [-0.3, -0.25) is 4.79 Å². The van der Waals surface area contributed by atoms with Crippen molar-refractivity contribution in [2.24, 2.45) is 0 Å². The van der Waals surface area contributed by atoms with Crippen molar-refractivity contribution in [2.45, 2.75) is 6.92 Å². The van der Waals surface area contributed by atoms with Gasteiger partial charge in [-0.05, 0) is 12.5 Å². The average molecular weight is 285 g/mol. The molecule has 100 valence electrons. The SMILES string of the molecule is Cc1cccc(-c2c(O)nc(-c3cscn3)[nH]c2=O)c1. The Kier molecular flexibility index (Phi) is 3.08. The molecular formula is C14H11N3O2S. The summed E-state index contributed by atoms with van der Waals surface area (Å²) in [6, 6.07) is 7.35. The topological polar surface area (TPSA) is 78.9 Å². The van der Waals surface area contributed by atoms with E-state index >= 15 is 0 Å². The number of aromatic amines is 1. The minimum atomic E-state index is -0.383. The van der Waals surface area contributed by atoms with Gasteiger partial charge in [-0.15, -0.1) is 11.3 Å². The fourth-order valence-electron chi connectivity index (χ4n) is 1.97. The molecule has 2 aromatic heterocycles. The zero-order valence-electron chi connectivity index (χ0n) is 10.6. The summed E-state index contributed by atoms with van der Waals surface area (Å²) in [6.07, 6.45) is 0. The van der Waals surface area contributed by atoms with Gasteiger partial charge in [-0.25, -0.2) is 4.98 Å². The van der Waals surface area contributed by atoms with Gasteiger partial charge in [0.05, 0.1) is 5.51 Å². The van der Waals surface area contributed by atoms with Gasteiger partial charge >= 0.3 is 0 Å². The molecule has 1 aromatic carbocycles. The Morgan fingerprint density at radius 3 is 2.85 bits per heavy atom. The third-order valence-electron chi connectivity index (χ3n) is 2.88. The molecule has 0 atom stereocenters. The van der Waals surface area contributed by atoms with E-state index in [-0.39, 0.29) is 22.8 Å². The Morgan fingerprint density at radius 1 is 1.35 bits per heavy atom. The van der Waals surface area contributed by atoms with Gasteiger partial charge in [-0.1, -0.05) is 29.8 Å². The predicted octanol–water partition coefficient (Wildman–Crippen LogP) is 2.57. The van der Waals surface area contributed by atoms with Crippen LogP contribution in [0.5, 0.6) is 5.88 Å². The summed E-state index contributed by atoms with van der Waals surface area (Å²) < 4.78 is 0. The average Bonchev–Trinajstić information content (AvgIpc) is 2.91. The molecule has 0 spiro atoms. The Bertz CT molecular complexity index is 810. The molecule has 0 fully saturated rings. The molecule has 0 bridgehead atoms. The first-order valence-electron chi connectivity index (χ1n) is 5.94. The molecule has 20 heavy (non-hydrogen) atoms. The molecule has 0 saturated carbocycles. The van der Waals surface area contributed by atoms with Crippen LogP contribution in [0.3, 0.4) is 0 Å². The molecule has 2 heterocycles. The highest BCUT2D eigenvalue weighted by molar-refractivity contribution is 7.07. The van der Waals surface area contributed by atoms with Gasteiger partial charge in [0.2, 0.25) is 5.88 Å². The number of rotatable bonds is 2. The van der Waals surface area contributed by atoms with Crippen LogP contribution >= 0.6 is 11.3 Å². The summed E-state index contributed by atoms with van der Waals surface area (Å²) in [7, 11) is 0. The molecule has 0 unspecified atom stereocenters. The number of hydrogen-bond acceptors (Lipinski definition) is 5. The minimum Gasteiger partial charge on any atom is -0.493 e. The van der Waals surface area contributed by atoms with E-state index in [1.807, 2.05) is 25.1 Å². The third-order valence-corrected chi connectivity index (χ3v) is 3.47. The Hall–Kier alpha value is -2.47. The first-order chi connectivity index (χ1) is 9.65. The van der Waals surface area contributed by atoms with Crippen LogP contribution in [0.15, 0.2) is 40.0 Å². The summed E-state index contributed by atoms with van der Waals surface area (Å²) in [5, 5.41) is 11.8. The van der Waals surface area contributed by atoms with Gasteiger partial charge < -0.3 is 10.1 Å². The van der Waals surface area contributed by atoms with Crippen molar-refractivity contribution in [3.63, 3.8) is 0 Å². The molecule has 6 heteroatoms.